The maximum atomic E-state index is 12.4. The summed E-state index contributed by atoms with van der Waals surface area (Å²) in [7, 11) is 0. The van der Waals surface area contributed by atoms with E-state index in [9.17, 15) is 4.79 Å². The standard InChI is InChI=1S/C15H26N4O.ClH/c1-5-13-11(9-17-19(13)15(2,3)4)14(20)18-12(8-16)10-6-7-10;/h9-10,12H,5-8,16H2,1-4H3,(H,18,20);1H. The number of nitrogens with zero attached hydrogens (tertiary/aromatic N) is 2. The Morgan fingerprint density at radius 3 is 2.57 bits per heavy atom. The number of hydrogen-bond donors (Lipinski definition) is 2. The maximum Gasteiger partial charge on any atom is 0.255 e. The number of rotatable bonds is 5. The second kappa shape index (κ2) is 6.79. The van der Waals surface area contributed by atoms with Crippen LogP contribution in [-0.4, -0.2) is 28.3 Å². The van der Waals surface area contributed by atoms with Gasteiger partial charge in [0, 0.05) is 12.6 Å². The molecule has 1 saturated carbocycles. The molecule has 1 amide bonds. The lowest BCUT2D eigenvalue weighted by Crippen LogP contribution is -2.42. The minimum absolute atomic E-state index is 0. The highest BCUT2D eigenvalue weighted by molar-refractivity contribution is 5.95. The van der Waals surface area contributed by atoms with Crippen molar-refractivity contribution in [1.29, 1.82) is 0 Å². The summed E-state index contributed by atoms with van der Waals surface area (Å²) in [6.45, 7) is 8.83. The van der Waals surface area contributed by atoms with E-state index in [0.29, 0.717) is 18.0 Å². The molecule has 1 aliphatic carbocycles. The highest BCUT2D eigenvalue weighted by Gasteiger charge is 2.32. The zero-order chi connectivity index (χ0) is 14.9. The van der Waals surface area contributed by atoms with E-state index in [4.69, 9.17) is 5.73 Å². The van der Waals surface area contributed by atoms with Crippen molar-refractivity contribution in [1.82, 2.24) is 15.1 Å². The molecule has 0 saturated heterocycles. The van der Waals surface area contributed by atoms with Gasteiger partial charge >= 0.3 is 0 Å². The number of aromatic nitrogens is 2. The predicted octanol–water partition coefficient (Wildman–Crippen LogP) is 2.09. The van der Waals surface area contributed by atoms with Gasteiger partial charge in [0.2, 0.25) is 0 Å². The molecule has 0 radical (unpaired) electrons. The minimum atomic E-state index is -0.117. The van der Waals surface area contributed by atoms with Gasteiger partial charge < -0.3 is 11.1 Å². The average molecular weight is 315 g/mol. The molecule has 3 N–H and O–H groups in total. The van der Waals surface area contributed by atoms with Gasteiger partial charge in [0.05, 0.1) is 23.0 Å². The number of carbonyl (C=O) groups is 1. The van der Waals surface area contributed by atoms with Crippen molar-refractivity contribution < 1.29 is 4.79 Å². The van der Waals surface area contributed by atoms with E-state index in [1.807, 2.05) is 4.68 Å². The molecule has 21 heavy (non-hydrogen) atoms. The van der Waals surface area contributed by atoms with Gasteiger partial charge in [-0.05, 0) is 46.0 Å². The Morgan fingerprint density at radius 2 is 2.14 bits per heavy atom. The molecule has 1 aliphatic rings. The summed E-state index contributed by atoms with van der Waals surface area (Å²) >= 11 is 0. The second-order valence-corrected chi connectivity index (χ2v) is 6.59. The first-order valence-corrected chi connectivity index (χ1v) is 7.46. The van der Waals surface area contributed by atoms with E-state index in [2.05, 4.69) is 38.1 Å². The molecule has 6 heteroatoms. The van der Waals surface area contributed by atoms with Gasteiger partial charge in [0.25, 0.3) is 5.91 Å². The van der Waals surface area contributed by atoms with Crippen LogP contribution in [0.5, 0.6) is 0 Å². The van der Waals surface area contributed by atoms with Gasteiger partial charge in [0.15, 0.2) is 0 Å². The molecule has 1 unspecified atom stereocenters. The highest BCUT2D eigenvalue weighted by Crippen LogP contribution is 2.32. The molecule has 1 heterocycles. The zero-order valence-corrected chi connectivity index (χ0v) is 14.2. The van der Waals surface area contributed by atoms with Gasteiger partial charge in [-0.25, -0.2) is 0 Å². The largest absolute Gasteiger partial charge is 0.348 e. The quantitative estimate of drug-likeness (QED) is 0.874. The second-order valence-electron chi connectivity index (χ2n) is 6.59. The number of hydrogen-bond acceptors (Lipinski definition) is 3. The SMILES string of the molecule is CCc1c(C(=O)NC(CN)C2CC2)cnn1C(C)(C)C.Cl. The Hall–Kier alpha value is -1.07. The van der Waals surface area contributed by atoms with Crippen LogP contribution in [-0.2, 0) is 12.0 Å². The predicted molar refractivity (Wildman–Crippen MR) is 86.9 cm³/mol. The highest BCUT2D eigenvalue weighted by atomic mass is 35.5. The van der Waals surface area contributed by atoms with Gasteiger partial charge in [-0.2, -0.15) is 5.10 Å². The van der Waals surface area contributed by atoms with Gasteiger partial charge in [0.1, 0.15) is 0 Å². The summed E-state index contributed by atoms with van der Waals surface area (Å²) in [6.07, 6.45) is 4.81. The van der Waals surface area contributed by atoms with E-state index in [-0.39, 0.29) is 29.9 Å². The number of nitrogens with two attached hydrogens (primary N) is 1. The summed E-state index contributed by atoms with van der Waals surface area (Å²) in [5, 5.41) is 7.46. The van der Waals surface area contributed by atoms with Gasteiger partial charge in [-0.3, -0.25) is 9.48 Å². The molecule has 2 rings (SSSR count). The van der Waals surface area contributed by atoms with Crippen molar-refractivity contribution in [3.63, 3.8) is 0 Å². The lowest BCUT2D eigenvalue weighted by Gasteiger charge is -2.22. The Balaban J connectivity index is 0.00000220. The number of carbonyl (C=O) groups excluding carboxylic acids is 1. The molecule has 0 aromatic carbocycles. The molecule has 5 nitrogen and oxygen atoms in total. The van der Waals surface area contributed by atoms with E-state index in [1.54, 1.807) is 6.20 Å². The third kappa shape index (κ3) is 3.98. The van der Waals surface area contributed by atoms with Crippen LogP contribution in [0, 0.1) is 5.92 Å². The Morgan fingerprint density at radius 1 is 1.52 bits per heavy atom. The number of nitrogens with one attached hydrogen (secondary N) is 1. The number of amides is 1. The number of halogens is 1. The maximum absolute atomic E-state index is 12.4. The van der Waals surface area contributed by atoms with E-state index >= 15 is 0 Å². The van der Waals surface area contributed by atoms with Crippen molar-refractivity contribution in [3.05, 3.63) is 17.5 Å². The summed E-state index contributed by atoms with van der Waals surface area (Å²) in [4.78, 5) is 12.4. The lowest BCUT2D eigenvalue weighted by atomic mass is 10.1. The molecule has 1 aromatic rings. The summed E-state index contributed by atoms with van der Waals surface area (Å²) in [5.74, 6) is 0.520. The lowest BCUT2D eigenvalue weighted by molar-refractivity contribution is 0.0932. The molecule has 0 aliphatic heterocycles. The molecule has 1 fully saturated rings. The Kier molecular flexibility index (Phi) is 5.82. The smallest absolute Gasteiger partial charge is 0.255 e. The summed E-state index contributed by atoms with van der Waals surface area (Å²) in [5.41, 5.74) is 7.30. The fourth-order valence-corrected chi connectivity index (χ4v) is 2.60. The zero-order valence-electron chi connectivity index (χ0n) is 13.3. The minimum Gasteiger partial charge on any atom is -0.348 e. The first-order chi connectivity index (χ1) is 9.38. The topological polar surface area (TPSA) is 72.9 Å². The van der Waals surface area contributed by atoms with Crippen molar-refractivity contribution in [2.24, 2.45) is 11.7 Å². The third-order valence-electron chi connectivity index (χ3n) is 3.85. The third-order valence-corrected chi connectivity index (χ3v) is 3.85. The van der Waals surface area contributed by atoms with E-state index < -0.39 is 0 Å². The van der Waals surface area contributed by atoms with Crippen molar-refractivity contribution in [3.8, 4) is 0 Å². The first kappa shape index (κ1) is 18.0. The fraction of sp³-hybridized carbons (Fsp3) is 0.733. The van der Waals surface area contributed by atoms with Crippen LogP contribution in [0.1, 0.15) is 56.6 Å². The van der Waals surface area contributed by atoms with Crippen LogP contribution in [0.25, 0.3) is 0 Å². The molecular formula is C15H27ClN4O. The molecule has 1 atom stereocenters. The molecule has 0 bridgehead atoms. The molecule has 0 spiro atoms. The van der Waals surface area contributed by atoms with Crippen LogP contribution in [0.2, 0.25) is 0 Å². The monoisotopic (exact) mass is 314 g/mol. The van der Waals surface area contributed by atoms with Crippen LogP contribution >= 0.6 is 12.4 Å². The van der Waals surface area contributed by atoms with Crippen LogP contribution in [0.3, 0.4) is 0 Å². The molecule has 1 aromatic heterocycles. The van der Waals surface area contributed by atoms with Crippen molar-refractivity contribution in [2.45, 2.75) is 58.5 Å². The van der Waals surface area contributed by atoms with Crippen LogP contribution < -0.4 is 11.1 Å². The van der Waals surface area contributed by atoms with Crippen molar-refractivity contribution in [2.75, 3.05) is 6.54 Å². The van der Waals surface area contributed by atoms with Crippen LogP contribution in [0.4, 0.5) is 0 Å². The molecular weight excluding hydrogens is 288 g/mol. The normalized spacial score (nSPS) is 16.2. The Labute approximate surface area is 133 Å². The summed E-state index contributed by atoms with van der Waals surface area (Å²) in [6, 6.07) is 0.102. The van der Waals surface area contributed by atoms with E-state index in [1.165, 1.54) is 12.8 Å². The van der Waals surface area contributed by atoms with Gasteiger partial charge in [-0.1, -0.05) is 6.92 Å². The van der Waals surface area contributed by atoms with Crippen molar-refractivity contribution >= 4 is 18.3 Å². The first-order valence-electron chi connectivity index (χ1n) is 7.46. The fourth-order valence-electron chi connectivity index (χ4n) is 2.60. The average Bonchev–Trinajstić information content (AvgIpc) is 3.11. The van der Waals surface area contributed by atoms with E-state index in [0.717, 1.165) is 12.1 Å². The Bertz CT molecular complexity index is 488. The summed E-state index contributed by atoms with van der Waals surface area (Å²) < 4.78 is 1.94. The molecule has 120 valence electrons. The van der Waals surface area contributed by atoms with Crippen LogP contribution in [0.15, 0.2) is 6.20 Å². The van der Waals surface area contributed by atoms with Gasteiger partial charge in [-0.15, -0.1) is 12.4 Å².